The summed E-state index contributed by atoms with van der Waals surface area (Å²) in [6.07, 6.45) is 4.91. The predicted octanol–water partition coefficient (Wildman–Crippen LogP) is 2.06. The minimum atomic E-state index is 0.497. The summed E-state index contributed by atoms with van der Waals surface area (Å²) < 4.78 is 10.5. The predicted molar refractivity (Wildman–Crippen MR) is 93.6 cm³/mol. The second kappa shape index (κ2) is 8.24. The third-order valence-electron chi connectivity index (χ3n) is 4.53. The average molecular weight is 346 g/mol. The third-order valence-corrected chi connectivity index (χ3v) is 4.53. The first-order chi connectivity index (χ1) is 12.2. The van der Waals surface area contributed by atoms with E-state index < -0.39 is 0 Å². The van der Waals surface area contributed by atoms with Crippen molar-refractivity contribution in [1.29, 1.82) is 0 Å². The zero-order valence-electron chi connectivity index (χ0n) is 15.2. The monoisotopic (exact) mass is 346 g/mol. The molecule has 8 heteroatoms. The van der Waals surface area contributed by atoms with Gasteiger partial charge in [-0.05, 0) is 33.2 Å². The standard InChI is InChI=1S/C17H26N6O2/c1-4-24-17-10-16(18-12-19-17)23-8-5-6-14(7-9-23)22(3)11-15-20-13(2)25-21-15/h10,12,14H,4-9,11H2,1-3H3/t14-/m0/s1. The fourth-order valence-corrected chi connectivity index (χ4v) is 3.24. The maximum atomic E-state index is 5.49. The van der Waals surface area contributed by atoms with Gasteiger partial charge in [0.2, 0.25) is 11.8 Å². The molecule has 0 radical (unpaired) electrons. The molecule has 0 bridgehead atoms. The van der Waals surface area contributed by atoms with Crippen molar-refractivity contribution in [2.75, 3.05) is 31.6 Å². The molecule has 0 amide bonds. The van der Waals surface area contributed by atoms with Crippen LogP contribution < -0.4 is 9.64 Å². The fourth-order valence-electron chi connectivity index (χ4n) is 3.24. The van der Waals surface area contributed by atoms with Gasteiger partial charge in [-0.25, -0.2) is 9.97 Å². The third kappa shape index (κ3) is 4.66. The number of anilines is 1. The molecule has 1 aliphatic rings. The molecule has 0 N–H and O–H groups in total. The molecular formula is C17H26N6O2. The Bertz CT molecular complexity index is 677. The quantitative estimate of drug-likeness (QED) is 0.786. The summed E-state index contributed by atoms with van der Waals surface area (Å²) in [4.78, 5) is 17.5. The van der Waals surface area contributed by atoms with Crippen LogP contribution in [0.3, 0.4) is 0 Å². The van der Waals surface area contributed by atoms with Crippen molar-refractivity contribution in [3.05, 3.63) is 24.1 Å². The van der Waals surface area contributed by atoms with Crippen LogP contribution in [-0.4, -0.2) is 57.8 Å². The number of aromatic nitrogens is 4. The summed E-state index contributed by atoms with van der Waals surface area (Å²) in [5, 5.41) is 3.99. The van der Waals surface area contributed by atoms with Crippen LogP contribution in [0.1, 0.15) is 37.9 Å². The van der Waals surface area contributed by atoms with Gasteiger partial charge in [0.1, 0.15) is 12.1 Å². The van der Waals surface area contributed by atoms with Crippen molar-refractivity contribution in [2.45, 2.75) is 45.7 Å². The van der Waals surface area contributed by atoms with Gasteiger partial charge >= 0.3 is 0 Å². The van der Waals surface area contributed by atoms with E-state index in [1.165, 1.54) is 0 Å². The molecule has 1 fully saturated rings. The first-order valence-corrected chi connectivity index (χ1v) is 8.85. The van der Waals surface area contributed by atoms with E-state index in [0.717, 1.165) is 44.0 Å². The number of nitrogens with zero attached hydrogens (tertiary/aromatic N) is 6. The van der Waals surface area contributed by atoms with Crippen LogP contribution in [0.25, 0.3) is 0 Å². The molecule has 0 aromatic carbocycles. The summed E-state index contributed by atoms with van der Waals surface area (Å²) in [5.74, 6) is 2.94. The second-order valence-electron chi connectivity index (χ2n) is 6.36. The number of hydrogen-bond acceptors (Lipinski definition) is 8. The van der Waals surface area contributed by atoms with Crippen molar-refractivity contribution >= 4 is 5.82 Å². The van der Waals surface area contributed by atoms with E-state index in [4.69, 9.17) is 9.26 Å². The summed E-state index contributed by atoms with van der Waals surface area (Å²) in [6, 6.07) is 2.42. The number of hydrogen-bond donors (Lipinski definition) is 0. The smallest absolute Gasteiger partial charge is 0.223 e. The summed E-state index contributed by atoms with van der Waals surface area (Å²) >= 11 is 0. The maximum Gasteiger partial charge on any atom is 0.223 e. The summed E-state index contributed by atoms with van der Waals surface area (Å²) in [5.41, 5.74) is 0. The Morgan fingerprint density at radius 1 is 1.32 bits per heavy atom. The van der Waals surface area contributed by atoms with Gasteiger partial charge in [0, 0.05) is 32.1 Å². The van der Waals surface area contributed by atoms with E-state index >= 15 is 0 Å². The van der Waals surface area contributed by atoms with Gasteiger partial charge in [0.05, 0.1) is 13.2 Å². The number of ether oxygens (including phenoxy) is 1. The van der Waals surface area contributed by atoms with Crippen LogP contribution >= 0.6 is 0 Å². The van der Waals surface area contributed by atoms with E-state index in [1.54, 1.807) is 6.33 Å². The molecule has 8 nitrogen and oxygen atoms in total. The van der Waals surface area contributed by atoms with Gasteiger partial charge in [0.25, 0.3) is 0 Å². The van der Waals surface area contributed by atoms with Crippen molar-refractivity contribution in [3.63, 3.8) is 0 Å². The first-order valence-electron chi connectivity index (χ1n) is 8.85. The van der Waals surface area contributed by atoms with Crippen LogP contribution in [0.5, 0.6) is 5.88 Å². The minimum Gasteiger partial charge on any atom is -0.478 e. The Morgan fingerprint density at radius 2 is 2.20 bits per heavy atom. The normalized spacial score (nSPS) is 18.4. The molecule has 2 aromatic heterocycles. The maximum absolute atomic E-state index is 5.49. The Morgan fingerprint density at radius 3 is 2.96 bits per heavy atom. The fraction of sp³-hybridized carbons (Fsp3) is 0.647. The Labute approximate surface area is 148 Å². The number of aryl methyl sites for hydroxylation is 1. The molecule has 1 aliphatic heterocycles. The Kier molecular flexibility index (Phi) is 5.80. The molecule has 2 aromatic rings. The lowest BCUT2D eigenvalue weighted by molar-refractivity contribution is 0.209. The zero-order chi connectivity index (χ0) is 17.6. The zero-order valence-corrected chi connectivity index (χ0v) is 15.2. The highest BCUT2D eigenvalue weighted by Crippen LogP contribution is 2.22. The Hall–Kier alpha value is -2.22. The van der Waals surface area contributed by atoms with Crippen LogP contribution in [0.2, 0.25) is 0 Å². The van der Waals surface area contributed by atoms with Crippen LogP contribution in [-0.2, 0) is 6.54 Å². The van der Waals surface area contributed by atoms with Gasteiger partial charge in [-0.1, -0.05) is 5.16 Å². The minimum absolute atomic E-state index is 0.497. The van der Waals surface area contributed by atoms with Crippen LogP contribution in [0.4, 0.5) is 5.82 Å². The lowest BCUT2D eigenvalue weighted by Crippen LogP contribution is -2.33. The van der Waals surface area contributed by atoms with E-state index in [1.807, 2.05) is 19.9 Å². The SMILES string of the molecule is CCOc1cc(N2CCC[C@H](N(C)Cc3noc(C)n3)CC2)ncn1. The van der Waals surface area contributed by atoms with Crippen molar-refractivity contribution in [3.8, 4) is 5.88 Å². The van der Waals surface area contributed by atoms with Gasteiger partial charge in [-0.3, -0.25) is 4.90 Å². The van der Waals surface area contributed by atoms with Gasteiger partial charge in [0.15, 0.2) is 5.82 Å². The number of rotatable bonds is 6. The van der Waals surface area contributed by atoms with E-state index in [9.17, 15) is 0 Å². The molecule has 3 rings (SSSR count). The lowest BCUT2D eigenvalue weighted by atomic mass is 10.1. The summed E-state index contributed by atoms with van der Waals surface area (Å²) in [7, 11) is 2.13. The Balaban J connectivity index is 1.59. The average Bonchev–Trinajstić information content (AvgIpc) is 2.86. The molecule has 0 unspecified atom stereocenters. The summed E-state index contributed by atoms with van der Waals surface area (Å²) in [6.45, 7) is 7.05. The van der Waals surface area contributed by atoms with Gasteiger partial charge in [-0.15, -0.1) is 0 Å². The van der Waals surface area contributed by atoms with Crippen LogP contribution in [0, 0.1) is 6.92 Å². The topological polar surface area (TPSA) is 80.4 Å². The molecule has 1 saturated heterocycles. The molecule has 1 atom stereocenters. The first kappa shape index (κ1) is 17.6. The van der Waals surface area contributed by atoms with E-state index in [0.29, 0.717) is 31.0 Å². The van der Waals surface area contributed by atoms with Gasteiger partial charge in [-0.2, -0.15) is 4.98 Å². The highest BCUT2D eigenvalue weighted by Gasteiger charge is 2.22. The second-order valence-corrected chi connectivity index (χ2v) is 6.36. The molecule has 0 saturated carbocycles. The van der Waals surface area contributed by atoms with Gasteiger partial charge < -0.3 is 14.2 Å². The van der Waals surface area contributed by atoms with Crippen molar-refractivity contribution in [1.82, 2.24) is 25.0 Å². The molecule has 136 valence electrons. The highest BCUT2D eigenvalue weighted by molar-refractivity contribution is 5.40. The van der Waals surface area contributed by atoms with E-state index in [2.05, 4.69) is 37.0 Å². The van der Waals surface area contributed by atoms with E-state index in [-0.39, 0.29) is 0 Å². The molecular weight excluding hydrogens is 320 g/mol. The van der Waals surface area contributed by atoms with Crippen molar-refractivity contribution in [2.24, 2.45) is 0 Å². The molecule has 0 spiro atoms. The van der Waals surface area contributed by atoms with Crippen LogP contribution in [0.15, 0.2) is 16.9 Å². The largest absolute Gasteiger partial charge is 0.478 e. The van der Waals surface area contributed by atoms with Crippen molar-refractivity contribution < 1.29 is 9.26 Å². The molecule has 0 aliphatic carbocycles. The molecule has 25 heavy (non-hydrogen) atoms. The lowest BCUT2D eigenvalue weighted by Gasteiger charge is -2.26. The molecule has 3 heterocycles. The highest BCUT2D eigenvalue weighted by atomic mass is 16.5.